The molecule has 8 rings (SSSR count). The first-order valence-corrected chi connectivity index (χ1v) is 16.4. The van der Waals surface area contributed by atoms with Crippen LogP contribution >= 0.6 is 0 Å². The minimum absolute atomic E-state index is 0.165. The van der Waals surface area contributed by atoms with Crippen LogP contribution in [0.2, 0.25) is 0 Å². The second kappa shape index (κ2) is 12.9. The van der Waals surface area contributed by atoms with Gasteiger partial charge in [-0.2, -0.15) is 0 Å². The largest absolute Gasteiger partial charge is 0.334 e. The van der Waals surface area contributed by atoms with Crippen LogP contribution < -0.4 is 9.80 Å². The van der Waals surface area contributed by atoms with E-state index in [9.17, 15) is 0 Å². The zero-order valence-corrected chi connectivity index (χ0v) is 26.2. The third kappa shape index (κ3) is 5.94. The lowest BCUT2D eigenvalue weighted by atomic mass is 9.97. The topological polar surface area (TPSA) is 6.48 Å². The fourth-order valence-corrected chi connectivity index (χ4v) is 6.78. The van der Waals surface area contributed by atoms with E-state index in [4.69, 9.17) is 0 Å². The first kappa shape index (κ1) is 28.6. The van der Waals surface area contributed by atoms with Gasteiger partial charge in [0.1, 0.15) is 0 Å². The van der Waals surface area contributed by atoms with E-state index in [0.717, 1.165) is 23.5 Å². The molecule has 0 fully saturated rings. The molecule has 0 radical (unpaired) electrons. The van der Waals surface area contributed by atoms with Crippen LogP contribution in [0.5, 0.6) is 0 Å². The van der Waals surface area contributed by atoms with Crippen LogP contribution in [-0.2, 0) is 0 Å². The maximum absolute atomic E-state index is 2.47. The average molecular weight is 605 g/mol. The molecule has 0 spiro atoms. The Kier molecular flexibility index (Phi) is 7.83. The van der Waals surface area contributed by atoms with Crippen molar-refractivity contribution >= 4 is 44.3 Å². The molecule has 0 N–H and O–H groups in total. The summed E-state index contributed by atoms with van der Waals surface area (Å²) in [5.74, 6) is 0.165. The molecule has 1 unspecified atom stereocenters. The molecule has 0 aliphatic heterocycles. The summed E-state index contributed by atoms with van der Waals surface area (Å²) in [7, 11) is 0. The fourth-order valence-electron chi connectivity index (χ4n) is 6.78. The van der Waals surface area contributed by atoms with Gasteiger partial charge in [0.2, 0.25) is 0 Å². The second-order valence-corrected chi connectivity index (χ2v) is 12.2. The van der Waals surface area contributed by atoms with Gasteiger partial charge < -0.3 is 9.80 Å². The smallest absolute Gasteiger partial charge is 0.0559 e. The molecule has 47 heavy (non-hydrogen) atoms. The standard InChI is InChI=1S/C45H36N2/c1-3-17-40(18-4-1)46(44-30-25-35-12-7-9-14-38(35)32-44)42-21-11-16-34(22-27-42)37-23-28-43(29-24-37)47(41-19-5-2-6-20-41)45-31-26-36-13-8-10-15-39(36)33-45/h1-19,21-34,41H,20H2/t34-,41?/m1/s1. The second-order valence-electron chi connectivity index (χ2n) is 12.2. The summed E-state index contributed by atoms with van der Waals surface area (Å²) in [5.41, 5.74) is 7.07. The molecule has 0 amide bonds. The lowest BCUT2D eigenvalue weighted by molar-refractivity contribution is 0.785. The predicted octanol–water partition coefficient (Wildman–Crippen LogP) is 11.9. The average Bonchev–Trinajstić information content (AvgIpc) is 3.39. The monoisotopic (exact) mass is 604 g/mol. The van der Waals surface area contributed by atoms with Crippen molar-refractivity contribution in [3.8, 4) is 0 Å². The van der Waals surface area contributed by atoms with Gasteiger partial charge in [-0.3, -0.25) is 0 Å². The molecule has 2 heteroatoms. The highest BCUT2D eigenvalue weighted by Crippen LogP contribution is 2.36. The number of fused-ring (bicyclic) bond motifs is 2. The normalized spacial score (nSPS) is 17.1. The maximum atomic E-state index is 2.47. The molecule has 2 aliphatic carbocycles. The van der Waals surface area contributed by atoms with Gasteiger partial charge in [-0.15, -0.1) is 0 Å². The molecular formula is C45H36N2. The van der Waals surface area contributed by atoms with E-state index in [-0.39, 0.29) is 12.0 Å². The molecule has 0 bridgehead atoms. The van der Waals surface area contributed by atoms with Crippen LogP contribution in [0.25, 0.3) is 21.5 Å². The molecule has 0 aromatic heterocycles. The maximum Gasteiger partial charge on any atom is 0.0559 e. The molecule has 226 valence electrons. The Bertz CT molecular complexity index is 2180. The first-order chi connectivity index (χ1) is 23.3. The van der Waals surface area contributed by atoms with Gasteiger partial charge >= 0.3 is 0 Å². The molecule has 6 aromatic rings. The Morgan fingerprint density at radius 3 is 1.81 bits per heavy atom. The van der Waals surface area contributed by atoms with E-state index in [1.165, 1.54) is 38.5 Å². The SMILES string of the molecule is C1=CCC(N(c2ccc([C@@H]3C=CC=C(N(c4ccccc4)c4ccc5ccccc5c4)C=C3)cc2)c2ccc3ccccc3c2)C=C1. The van der Waals surface area contributed by atoms with Crippen LogP contribution in [0, 0.1) is 0 Å². The van der Waals surface area contributed by atoms with E-state index in [1.54, 1.807) is 0 Å². The number of hydrogen-bond donors (Lipinski definition) is 0. The van der Waals surface area contributed by atoms with Crippen LogP contribution in [-0.4, -0.2) is 6.04 Å². The minimum atomic E-state index is 0.165. The zero-order valence-electron chi connectivity index (χ0n) is 26.2. The highest BCUT2D eigenvalue weighted by atomic mass is 15.2. The lowest BCUT2D eigenvalue weighted by Gasteiger charge is -2.33. The number of benzene rings is 6. The van der Waals surface area contributed by atoms with Crippen molar-refractivity contribution < 1.29 is 0 Å². The Morgan fingerprint density at radius 2 is 1.11 bits per heavy atom. The minimum Gasteiger partial charge on any atom is -0.334 e. The number of hydrogen-bond acceptors (Lipinski definition) is 2. The van der Waals surface area contributed by atoms with E-state index in [2.05, 4.69) is 204 Å². The number of rotatable bonds is 7. The van der Waals surface area contributed by atoms with Crippen molar-refractivity contribution in [3.05, 3.63) is 205 Å². The van der Waals surface area contributed by atoms with Gasteiger partial charge in [-0.05, 0) is 94.2 Å². The third-order valence-corrected chi connectivity index (χ3v) is 9.18. The predicted molar refractivity (Wildman–Crippen MR) is 201 cm³/mol. The van der Waals surface area contributed by atoms with Crippen molar-refractivity contribution in [1.29, 1.82) is 0 Å². The molecule has 0 saturated carbocycles. The van der Waals surface area contributed by atoms with Crippen molar-refractivity contribution in [2.75, 3.05) is 9.80 Å². The van der Waals surface area contributed by atoms with Gasteiger partial charge in [0, 0.05) is 34.4 Å². The Balaban J connectivity index is 1.09. The number of nitrogens with zero attached hydrogens (tertiary/aromatic N) is 2. The highest BCUT2D eigenvalue weighted by Gasteiger charge is 2.20. The summed E-state index contributed by atoms with van der Waals surface area (Å²) in [6, 6.07) is 50.7. The molecule has 6 aromatic carbocycles. The van der Waals surface area contributed by atoms with Crippen molar-refractivity contribution in [2.45, 2.75) is 18.4 Å². The van der Waals surface area contributed by atoms with E-state index in [1.807, 2.05) is 0 Å². The van der Waals surface area contributed by atoms with Gasteiger partial charge in [0.05, 0.1) is 6.04 Å². The van der Waals surface area contributed by atoms with Crippen LogP contribution in [0.1, 0.15) is 17.9 Å². The van der Waals surface area contributed by atoms with Crippen molar-refractivity contribution in [1.82, 2.24) is 0 Å². The molecule has 0 heterocycles. The first-order valence-electron chi connectivity index (χ1n) is 16.4. The number of allylic oxidation sites excluding steroid dienone is 7. The van der Waals surface area contributed by atoms with Crippen LogP contribution in [0.15, 0.2) is 200 Å². The Hall–Kier alpha value is -5.86. The molecular weight excluding hydrogens is 569 g/mol. The number of para-hydroxylation sites is 1. The quantitative estimate of drug-likeness (QED) is 0.179. The lowest BCUT2D eigenvalue weighted by Crippen LogP contribution is -2.29. The Morgan fingerprint density at radius 1 is 0.468 bits per heavy atom. The molecule has 0 saturated heterocycles. The Labute approximate surface area is 277 Å². The third-order valence-electron chi connectivity index (χ3n) is 9.18. The molecule has 2 atom stereocenters. The zero-order chi connectivity index (χ0) is 31.4. The summed E-state index contributed by atoms with van der Waals surface area (Å²) in [6.45, 7) is 0. The molecule has 2 aliphatic rings. The summed E-state index contributed by atoms with van der Waals surface area (Å²) >= 11 is 0. The van der Waals surface area contributed by atoms with Crippen molar-refractivity contribution in [3.63, 3.8) is 0 Å². The number of anilines is 4. The highest BCUT2D eigenvalue weighted by molar-refractivity contribution is 5.88. The summed E-state index contributed by atoms with van der Waals surface area (Å²) < 4.78 is 0. The van der Waals surface area contributed by atoms with E-state index >= 15 is 0 Å². The summed E-state index contributed by atoms with van der Waals surface area (Å²) in [6.07, 6.45) is 21.1. The fraction of sp³-hybridized carbons (Fsp3) is 0.0667. The van der Waals surface area contributed by atoms with Gasteiger partial charge in [0.25, 0.3) is 0 Å². The van der Waals surface area contributed by atoms with Crippen molar-refractivity contribution in [2.24, 2.45) is 0 Å². The van der Waals surface area contributed by atoms with Gasteiger partial charge in [0.15, 0.2) is 0 Å². The van der Waals surface area contributed by atoms with Gasteiger partial charge in [-0.1, -0.05) is 134 Å². The summed E-state index contributed by atoms with van der Waals surface area (Å²) in [5, 5.41) is 4.99. The summed E-state index contributed by atoms with van der Waals surface area (Å²) in [4.78, 5) is 4.81. The van der Waals surface area contributed by atoms with Crippen LogP contribution in [0.3, 0.4) is 0 Å². The van der Waals surface area contributed by atoms with E-state index < -0.39 is 0 Å². The van der Waals surface area contributed by atoms with Crippen LogP contribution in [0.4, 0.5) is 22.7 Å². The van der Waals surface area contributed by atoms with Gasteiger partial charge in [-0.25, -0.2) is 0 Å². The van der Waals surface area contributed by atoms with E-state index in [0.29, 0.717) is 0 Å². The molecule has 2 nitrogen and oxygen atoms in total.